The SMILES string of the molecule is COc1cc([N+](=O)[O-])ccc1C(CN)CO. The molecule has 1 aromatic carbocycles. The van der Waals surface area contributed by atoms with E-state index in [1.807, 2.05) is 0 Å². The van der Waals surface area contributed by atoms with Gasteiger partial charge >= 0.3 is 0 Å². The topological polar surface area (TPSA) is 98.6 Å². The van der Waals surface area contributed by atoms with E-state index in [4.69, 9.17) is 15.6 Å². The highest BCUT2D eigenvalue weighted by molar-refractivity contribution is 5.46. The van der Waals surface area contributed by atoms with Gasteiger partial charge in [-0.2, -0.15) is 0 Å². The standard InChI is InChI=1S/C10H14N2O4/c1-16-10-4-8(12(14)15)2-3-9(10)7(5-11)6-13/h2-4,7,13H,5-6,11H2,1H3. The van der Waals surface area contributed by atoms with Crippen molar-refractivity contribution in [2.45, 2.75) is 5.92 Å². The highest BCUT2D eigenvalue weighted by Gasteiger charge is 2.17. The molecule has 1 atom stereocenters. The van der Waals surface area contributed by atoms with Gasteiger partial charge in [0, 0.05) is 24.1 Å². The smallest absolute Gasteiger partial charge is 0.273 e. The van der Waals surface area contributed by atoms with Gasteiger partial charge in [0.15, 0.2) is 0 Å². The molecule has 0 fully saturated rings. The Bertz CT molecular complexity index is 377. The average molecular weight is 226 g/mol. The van der Waals surface area contributed by atoms with Gasteiger partial charge in [-0.3, -0.25) is 10.1 Å². The number of aliphatic hydroxyl groups is 1. The molecule has 3 N–H and O–H groups in total. The number of rotatable bonds is 5. The van der Waals surface area contributed by atoms with Crippen LogP contribution in [0, 0.1) is 10.1 Å². The summed E-state index contributed by atoms with van der Waals surface area (Å²) in [6.45, 7) is 0.134. The van der Waals surface area contributed by atoms with E-state index >= 15 is 0 Å². The van der Waals surface area contributed by atoms with Crippen LogP contribution in [-0.2, 0) is 0 Å². The summed E-state index contributed by atoms with van der Waals surface area (Å²) in [7, 11) is 1.42. The van der Waals surface area contributed by atoms with Gasteiger partial charge in [-0.15, -0.1) is 0 Å². The van der Waals surface area contributed by atoms with Gasteiger partial charge in [0.05, 0.1) is 24.7 Å². The van der Waals surface area contributed by atoms with Crippen LogP contribution in [0.5, 0.6) is 5.75 Å². The molecule has 88 valence electrons. The van der Waals surface area contributed by atoms with Gasteiger partial charge in [-0.1, -0.05) is 0 Å². The van der Waals surface area contributed by atoms with Crippen molar-refractivity contribution in [1.29, 1.82) is 0 Å². The Morgan fingerprint density at radius 2 is 2.31 bits per heavy atom. The summed E-state index contributed by atoms with van der Waals surface area (Å²) in [5, 5.41) is 19.7. The second kappa shape index (κ2) is 5.43. The minimum atomic E-state index is -0.497. The molecule has 6 nitrogen and oxygen atoms in total. The zero-order valence-corrected chi connectivity index (χ0v) is 8.92. The van der Waals surface area contributed by atoms with Gasteiger partial charge < -0.3 is 15.6 Å². The maximum atomic E-state index is 10.6. The van der Waals surface area contributed by atoms with Gasteiger partial charge in [0.1, 0.15) is 5.75 Å². The summed E-state index contributed by atoms with van der Waals surface area (Å²) in [5.41, 5.74) is 6.12. The second-order valence-corrected chi connectivity index (χ2v) is 3.30. The lowest BCUT2D eigenvalue weighted by molar-refractivity contribution is -0.384. The van der Waals surface area contributed by atoms with E-state index in [1.54, 1.807) is 6.07 Å². The number of non-ortho nitro benzene ring substituents is 1. The second-order valence-electron chi connectivity index (χ2n) is 3.30. The molecule has 0 radical (unpaired) electrons. The molecule has 6 heteroatoms. The van der Waals surface area contributed by atoms with Crippen LogP contribution in [0.1, 0.15) is 11.5 Å². The van der Waals surface area contributed by atoms with Crippen LogP contribution in [-0.4, -0.2) is 30.3 Å². The first kappa shape index (κ1) is 12.4. The van der Waals surface area contributed by atoms with Gasteiger partial charge in [0.25, 0.3) is 5.69 Å². The van der Waals surface area contributed by atoms with Gasteiger partial charge in [0.2, 0.25) is 0 Å². The number of methoxy groups -OCH3 is 1. The Kier molecular flexibility index (Phi) is 4.21. The highest BCUT2D eigenvalue weighted by atomic mass is 16.6. The molecule has 0 spiro atoms. The van der Waals surface area contributed by atoms with E-state index in [2.05, 4.69) is 0 Å². The van der Waals surface area contributed by atoms with Crippen molar-refractivity contribution in [3.05, 3.63) is 33.9 Å². The average Bonchev–Trinajstić information content (AvgIpc) is 2.30. The predicted octanol–water partition coefficient (Wildman–Crippen LogP) is 0.638. The minimum Gasteiger partial charge on any atom is -0.496 e. The maximum absolute atomic E-state index is 10.6. The lowest BCUT2D eigenvalue weighted by Gasteiger charge is -2.15. The summed E-state index contributed by atoms with van der Waals surface area (Å²) in [4.78, 5) is 10.1. The molecule has 1 aromatic rings. The van der Waals surface area contributed by atoms with Crippen LogP contribution in [0.25, 0.3) is 0 Å². The first-order chi connectivity index (χ1) is 7.63. The predicted molar refractivity (Wildman–Crippen MR) is 58.5 cm³/mol. The van der Waals surface area contributed by atoms with Crippen LogP contribution in [0.2, 0.25) is 0 Å². The summed E-state index contributed by atoms with van der Waals surface area (Å²) < 4.78 is 5.05. The first-order valence-electron chi connectivity index (χ1n) is 4.77. The van der Waals surface area contributed by atoms with Crippen LogP contribution >= 0.6 is 0 Å². The van der Waals surface area contributed by atoms with Crippen LogP contribution in [0.15, 0.2) is 18.2 Å². The number of hydrogen-bond acceptors (Lipinski definition) is 5. The fourth-order valence-electron chi connectivity index (χ4n) is 1.45. The molecular weight excluding hydrogens is 212 g/mol. The number of nitrogens with zero attached hydrogens (tertiary/aromatic N) is 1. The lowest BCUT2D eigenvalue weighted by atomic mass is 9.99. The van der Waals surface area contributed by atoms with E-state index in [0.717, 1.165) is 0 Å². The monoisotopic (exact) mass is 226 g/mol. The Morgan fingerprint density at radius 3 is 2.75 bits per heavy atom. The number of nitrogens with two attached hydrogens (primary N) is 1. The molecule has 0 aliphatic carbocycles. The Labute approximate surface area is 92.8 Å². The van der Waals surface area contributed by atoms with Crippen LogP contribution < -0.4 is 10.5 Å². The summed E-state index contributed by atoms with van der Waals surface area (Å²) in [6, 6.07) is 4.26. The van der Waals surface area contributed by atoms with Crippen LogP contribution in [0.4, 0.5) is 5.69 Å². The van der Waals surface area contributed by atoms with E-state index < -0.39 is 4.92 Å². The van der Waals surface area contributed by atoms with Crippen molar-refractivity contribution in [3.63, 3.8) is 0 Å². The number of benzene rings is 1. The molecule has 0 saturated heterocycles. The molecule has 0 aromatic heterocycles. The van der Waals surface area contributed by atoms with Gasteiger partial charge in [-0.25, -0.2) is 0 Å². The quantitative estimate of drug-likeness (QED) is 0.567. The van der Waals surface area contributed by atoms with Crippen LogP contribution in [0.3, 0.4) is 0 Å². The highest BCUT2D eigenvalue weighted by Crippen LogP contribution is 2.29. The largest absolute Gasteiger partial charge is 0.496 e. The van der Waals surface area contributed by atoms with E-state index in [0.29, 0.717) is 11.3 Å². The molecule has 0 aliphatic rings. The molecule has 1 rings (SSSR count). The van der Waals surface area contributed by atoms with Crippen molar-refractivity contribution in [1.82, 2.24) is 0 Å². The van der Waals surface area contributed by atoms with Crippen molar-refractivity contribution in [3.8, 4) is 5.75 Å². The minimum absolute atomic E-state index is 0.0469. The zero-order valence-electron chi connectivity index (χ0n) is 8.92. The molecule has 0 aliphatic heterocycles. The third-order valence-electron chi connectivity index (χ3n) is 2.37. The summed E-state index contributed by atoms with van der Waals surface area (Å²) in [5.74, 6) is 0.106. The number of hydrogen-bond donors (Lipinski definition) is 2. The summed E-state index contributed by atoms with van der Waals surface area (Å²) in [6.07, 6.45) is 0. The van der Waals surface area contributed by atoms with Crippen molar-refractivity contribution >= 4 is 5.69 Å². The molecule has 16 heavy (non-hydrogen) atoms. The Hall–Kier alpha value is -1.66. The normalized spacial score (nSPS) is 12.2. The molecule has 0 amide bonds. The lowest BCUT2D eigenvalue weighted by Crippen LogP contribution is -2.16. The van der Waals surface area contributed by atoms with E-state index in [-0.39, 0.29) is 24.8 Å². The number of nitro benzene ring substituents is 1. The number of ether oxygens (including phenoxy) is 1. The molecule has 0 heterocycles. The third kappa shape index (κ3) is 2.47. The number of aliphatic hydroxyl groups excluding tert-OH is 1. The van der Waals surface area contributed by atoms with Crippen molar-refractivity contribution in [2.24, 2.45) is 5.73 Å². The summed E-state index contributed by atoms with van der Waals surface area (Å²) >= 11 is 0. The molecule has 1 unspecified atom stereocenters. The first-order valence-corrected chi connectivity index (χ1v) is 4.77. The van der Waals surface area contributed by atoms with Crippen molar-refractivity contribution < 1.29 is 14.8 Å². The molecule has 0 saturated carbocycles. The molecular formula is C10H14N2O4. The van der Waals surface area contributed by atoms with Crippen molar-refractivity contribution in [2.75, 3.05) is 20.3 Å². The Balaban J connectivity index is 3.15. The maximum Gasteiger partial charge on any atom is 0.273 e. The fraction of sp³-hybridized carbons (Fsp3) is 0.400. The fourth-order valence-corrected chi connectivity index (χ4v) is 1.45. The molecule has 0 bridgehead atoms. The Morgan fingerprint density at radius 1 is 1.62 bits per heavy atom. The van der Waals surface area contributed by atoms with Gasteiger partial charge in [-0.05, 0) is 6.07 Å². The zero-order chi connectivity index (χ0) is 12.1. The number of nitro groups is 1. The third-order valence-corrected chi connectivity index (χ3v) is 2.37. The van der Waals surface area contributed by atoms with E-state index in [1.165, 1.54) is 19.2 Å². The van der Waals surface area contributed by atoms with E-state index in [9.17, 15) is 10.1 Å².